The molecule has 0 aromatic heterocycles. The van der Waals surface area contributed by atoms with Crippen LogP contribution in [0.25, 0.3) is 0 Å². The van der Waals surface area contributed by atoms with Crippen LogP contribution >= 0.6 is 11.6 Å². The molecule has 0 heterocycles. The fourth-order valence-corrected chi connectivity index (χ4v) is 2.38. The van der Waals surface area contributed by atoms with Crippen LogP contribution in [-0.4, -0.2) is 0 Å². The second kappa shape index (κ2) is 5.07. The van der Waals surface area contributed by atoms with E-state index in [4.69, 9.17) is 11.6 Å². The standard InChI is InChI=1S/C15H13ClF2/c1-9-3-4-14(10(2)5-9)15(16)11-6-12(17)8-13(18)7-11/h3-8,15H,1-2H3. The van der Waals surface area contributed by atoms with Crippen LogP contribution in [0, 0.1) is 25.5 Å². The second-order valence-corrected chi connectivity index (χ2v) is 4.86. The molecule has 1 unspecified atom stereocenters. The molecule has 0 saturated heterocycles. The van der Waals surface area contributed by atoms with Crippen molar-refractivity contribution in [3.8, 4) is 0 Å². The molecule has 2 aromatic rings. The number of aryl methyl sites for hydroxylation is 2. The Morgan fingerprint density at radius 1 is 0.944 bits per heavy atom. The van der Waals surface area contributed by atoms with Crippen LogP contribution in [0.4, 0.5) is 8.78 Å². The van der Waals surface area contributed by atoms with Crippen LogP contribution in [0.15, 0.2) is 36.4 Å². The number of halogens is 3. The van der Waals surface area contributed by atoms with Gasteiger partial charge in [-0.3, -0.25) is 0 Å². The minimum Gasteiger partial charge on any atom is -0.207 e. The molecule has 0 nitrogen and oxygen atoms in total. The molecule has 0 fully saturated rings. The Balaban J connectivity index is 2.44. The van der Waals surface area contributed by atoms with Crippen molar-refractivity contribution in [2.75, 3.05) is 0 Å². The quantitative estimate of drug-likeness (QED) is 0.678. The zero-order valence-electron chi connectivity index (χ0n) is 10.2. The Morgan fingerprint density at radius 3 is 2.11 bits per heavy atom. The van der Waals surface area contributed by atoms with Crippen LogP contribution in [0.1, 0.15) is 27.6 Å². The fraction of sp³-hybridized carbons (Fsp3) is 0.200. The van der Waals surface area contributed by atoms with E-state index in [-0.39, 0.29) is 0 Å². The van der Waals surface area contributed by atoms with Crippen LogP contribution < -0.4 is 0 Å². The molecule has 0 bridgehead atoms. The third-order valence-electron chi connectivity index (χ3n) is 2.88. The Kier molecular flexibility index (Phi) is 3.67. The molecule has 0 aliphatic heterocycles. The van der Waals surface area contributed by atoms with Gasteiger partial charge in [-0.15, -0.1) is 11.6 Å². The minimum absolute atomic E-state index is 0.432. The first-order chi connectivity index (χ1) is 8.47. The zero-order valence-corrected chi connectivity index (χ0v) is 10.9. The lowest BCUT2D eigenvalue weighted by Gasteiger charge is -2.14. The lowest BCUT2D eigenvalue weighted by molar-refractivity contribution is 0.580. The highest BCUT2D eigenvalue weighted by Crippen LogP contribution is 2.32. The summed E-state index contributed by atoms with van der Waals surface area (Å²) in [6.07, 6.45) is 0. The number of benzene rings is 2. The van der Waals surface area contributed by atoms with Gasteiger partial charge in [-0.05, 0) is 42.7 Å². The molecular weight excluding hydrogens is 254 g/mol. The molecule has 18 heavy (non-hydrogen) atoms. The molecule has 0 N–H and O–H groups in total. The van der Waals surface area contributed by atoms with E-state index in [1.165, 1.54) is 12.1 Å². The highest BCUT2D eigenvalue weighted by Gasteiger charge is 2.15. The van der Waals surface area contributed by atoms with Gasteiger partial charge in [0, 0.05) is 6.07 Å². The molecule has 0 radical (unpaired) electrons. The molecule has 2 aromatic carbocycles. The van der Waals surface area contributed by atoms with E-state index < -0.39 is 17.0 Å². The van der Waals surface area contributed by atoms with E-state index in [1.807, 2.05) is 32.0 Å². The largest absolute Gasteiger partial charge is 0.207 e. The number of hydrogen-bond acceptors (Lipinski definition) is 0. The average molecular weight is 267 g/mol. The van der Waals surface area contributed by atoms with Crippen molar-refractivity contribution < 1.29 is 8.78 Å². The molecule has 2 rings (SSSR count). The topological polar surface area (TPSA) is 0 Å². The molecule has 0 amide bonds. The summed E-state index contributed by atoms with van der Waals surface area (Å²) in [5, 5.41) is -0.546. The maximum atomic E-state index is 13.2. The summed E-state index contributed by atoms with van der Waals surface area (Å²) in [6.45, 7) is 3.93. The van der Waals surface area contributed by atoms with Crippen molar-refractivity contribution >= 4 is 11.6 Å². The van der Waals surface area contributed by atoms with Crippen molar-refractivity contribution in [1.82, 2.24) is 0 Å². The summed E-state index contributed by atoms with van der Waals surface area (Å²) in [6, 6.07) is 9.20. The van der Waals surface area contributed by atoms with Crippen molar-refractivity contribution in [1.29, 1.82) is 0 Å². The van der Waals surface area contributed by atoms with Gasteiger partial charge in [0.25, 0.3) is 0 Å². The highest BCUT2D eigenvalue weighted by atomic mass is 35.5. The Hall–Kier alpha value is -1.41. The summed E-state index contributed by atoms with van der Waals surface area (Å²) >= 11 is 6.30. The SMILES string of the molecule is Cc1ccc(C(Cl)c2cc(F)cc(F)c2)c(C)c1. The van der Waals surface area contributed by atoms with E-state index >= 15 is 0 Å². The van der Waals surface area contributed by atoms with E-state index in [2.05, 4.69) is 0 Å². The van der Waals surface area contributed by atoms with Gasteiger partial charge >= 0.3 is 0 Å². The number of rotatable bonds is 2. The van der Waals surface area contributed by atoms with Gasteiger partial charge in [-0.1, -0.05) is 23.8 Å². The predicted octanol–water partition coefficient (Wildman–Crippen LogP) is 4.91. The Morgan fingerprint density at radius 2 is 1.56 bits per heavy atom. The van der Waals surface area contributed by atoms with Gasteiger partial charge in [0.1, 0.15) is 11.6 Å². The van der Waals surface area contributed by atoms with Crippen molar-refractivity contribution in [2.24, 2.45) is 0 Å². The van der Waals surface area contributed by atoms with E-state index in [1.54, 1.807) is 0 Å². The maximum absolute atomic E-state index is 13.2. The van der Waals surface area contributed by atoms with Crippen LogP contribution in [0.2, 0.25) is 0 Å². The molecule has 0 spiro atoms. The first-order valence-electron chi connectivity index (χ1n) is 5.64. The van der Waals surface area contributed by atoms with E-state index in [9.17, 15) is 8.78 Å². The molecule has 0 aliphatic rings. The predicted molar refractivity (Wildman–Crippen MR) is 70.0 cm³/mol. The molecule has 94 valence electrons. The normalized spacial score (nSPS) is 12.5. The lowest BCUT2D eigenvalue weighted by Crippen LogP contribution is -1.98. The van der Waals surface area contributed by atoms with Crippen molar-refractivity contribution in [3.63, 3.8) is 0 Å². The maximum Gasteiger partial charge on any atom is 0.126 e. The molecule has 1 atom stereocenters. The van der Waals surface area contributed by atoms with Gasteiger partial charge in [0.05, 0.1) is 5.38 Å². The highest BCUT2D eigenvalue weighted by molar-refractivity contribution is 6.22. The molecule has 0 saturated carbocycles. The second-order valence-electron chi connectivity index (χ2n) is 4.43. The van der Waals surface area contributed by atoms with Crippen LogP contribution in [0.3, 0.4) is 0 Å². The van der Waals surface area contributed by atoms with E-state index in [0.29, 0.717) is 5.56 Å². The number of alkyl halides is 1. The summed E-state index contributed by atoms with van der Waals surface area (Å²) in [4.78, 5) is 0. The summed E-state index contributed by atoms with van der Waals surface area (Å²) < 4.78 is 26.3. The van der Waals surface area contributed by atoms with Gasteiger partial charge < -0.3 is 0 Å². The van der Waals surface area contributed by atoms with Gasteiger partial charge in [-0.25, -0.2) is 8.78 Å². The Bertz CT molecular complexity index is 558. The summed E-state index contributed by atoms with van der Waals surface area (Å²) in [7, 11) is 0. The van der Waals surface area contributed by atoms with Crippen LogP contribution in [0.5, 0.6) is 0 Å². The molecule has 3 heteroatoms. The average Bonchev–Trinajstić information content (AvgIpc) is 2.26. The zero-order chi connectivity index (χ0) is 13.3. The number of hydrogen-bond donors (Lipinski definition) is 0. The summed E-state index contributed by atoms with van der Waals surface area (Å²) in [5.41, 5.74) is 3.44. The monoisotopic (exact) mass is 266 g/mol. The fourth-order valence-electron chi connectivity index (χ4n) is 2.01. The Labute approximate surface area is 110 Å². The smallest absolute Gasteiger partial charge is 0.126 e. The molecular formula is C15H13ClF2. The first-order valence-corrected chi connectivity index (χ1v) is 6.08. The van der Waals surface area contributed by atoms with E-state index in [0.717, 1.165) is 22.8 Å². The third kappa shape index (κ3) is 2.70. The molecule has 0 aliphatic carbocycles. The lowest BCUT2D eigenvalue weighted by atomic mass is 9.98. The first kappa shape index (κ1) is 13.0. The van der Waals surface area contributed by atoms with Crippen molar-refractivity contribution in [3.05, 3.63) is 70.3 Å². The van der Waals surface area contributed by atoms with Crippen molar-refractivity contribution in [2.45, 2.75) is 19.2 Å². The van der Waals surface area contributed by atoms with Crippen LogP contribution in [-0.2, 0) is 0 Å². The summed E-state index contributed by atoms with van der Waals surface area (Å²) in [5.74, 6) is -1.22. The van der Waals surface area contributed by atoms with Gasteiger partial charge in [-0.2, -0.15) is 0 Å². The minimum atomic E-state index is -0.611. The van der Waals surface area contributed by atoms with Gasteiger partial charge in [0.15, 0.2) is 0 Å². The third-order valence-corrected chi connectivity index (χ3v) is 3.36. The van der Waals surface area contributed by atoms with Gasteiger partial charge in [0.2, 0.25) is 0 Å².